The van der Waals surface area contributed by atoms with Crippen molar-refractivity contribution in [3.8, 4) is 0 Å². The van der Waals surface area contributed by atoms with Gasteiger partial charge in [0, 0.05) is 0 Å². The topological polar surface area (TPSA) is 17.1 Å². The van der Waals surface area contributed by atoms with Crippen LogP contribution in [0.25, 0.3) is 0 Å². The Balaban J connectivity index is 0.000000424. The molecule has 0 fully saturated rings. The Kier molecular flexibility index (Phi) is 5.40. The average Bonchev–Trinajstić information content (AvgIpc) is 2.10. The zero-order chi connectivity index (χ0) is 10.4. The van der Waals surface area contributed by atoms with Crippen LogP contribution < -0.4 is 0 Å². The van der Waals surface area contributed by atoms with E-state index in [1.807, 2.05) is 0 Å². The van der Waals surface area contributed by atoms with E-state index in [4.69, 9.17) is 4.79 Å². The fraction of sp³-hybridized carbons (Fsp3) is 0.364. The van der Waals surface area contributed by atoms with Crippen molar-refractivity contribution in [1.82, 2.24) is 0 Å². The molecule has 1 nitrogen and oxygen atoms in total. The lowest BCUT2D eigenvalue weighted by molar-refractivity contribution is 0.569. The third-order valence-electron chi connectivity index (χ3n) is 2.33. The molecule has 1 aromatic rings. The average molecular weight is 199 g/mol. The van der Waals surface area contributed by atoms with Crippen molar-refractivity contribution < 1.29 is 4.79 Å². The molecule has 2 heteroatoms. The van der Waals surface area contributed by atoms with Crippen LogP contribution >= 0.6 is 11.6 Å². The van der Waals surface area contributed by atoms with E-state index >= 15 is 0 Å². The second kappa shape index (κ2) is 5.76. The Bertz CT molecular complexity index is 265. The first-order valence-electron chi connectivity index (χ1n) is 4.11. The minimum Gasteiger partial charge on any atom is -0.285 e. The second-order valence-electron chi connectivity index (χ2n) is 3.04. The first kappa shape index (κ1) is 12.2. The molecule has 0 N–H and O–H groups in total. The Morgan fingerprint density at radius 3 is 1.46 bits per heavy atom. The van der Waals surface area contributed by atoms with Gasteiger partial charge in [-0.3, -0.25) is 4.79 Å². The lowest BCUT2D eigenvalue weighted by atomic mass is 10.0. The maximum absolute atomic E-state index is 8.57. The monoisotopic (exact) mass is 198 g/mol. The largest absolute Gasteiger partial charge is 0.285 e. The molecule has 0 amide bonds. The zero-order valence-electron chi connectivity index (χ0n) is 8.52. The summed E-state index contributed by atoms with van der Waals surface area (Å²) in [6.07, 6.45) is 0. The molecule has 0 atom stereocenters. The third kappa shape index (κ3) is 3.60. The van der Waals surface area contributed by atoms with Crippen LogP contribution in [-0.2, 0) is 4.79 Å². The smallest absolute Gasteiger partial charge is 0.208 e. The first-order chi connectivity index (χ1) is 6.04. The van der Waals surface area contributed by atoms with Gasteiger partial charge in [0.2, 0.25) is 5.75 Å². The van der Waals surface area contributed by atoms with Gasteiger partial charge in [0.05, 0.1) is 0 Å². The molecule has 0 aliphatic carbocycles. The number of carbonyl (C=O) groups excluding carboxylic acids is 1. The van der Waals surface area contributed by atoms with E-state index in [1.165, 1.54) is 22.3 Å². The minimum absolute atomic E-state index is 0.222. The van der Waals surface area contributed by atoms with E-state index in [2.05, 4.69) is 51.4 Å². The quantitative estimate of drug-likeness (QED) is 0.462. The lowest BCUT2D eigenvalue weighted by Gasteiger charge is -2.06. The molecular weight excluding hydrogens is 184 g/mol. The van der Waals surface area contributed by atoms with E-state index in [0.717, 1.165) is 0 Å². The minimum atomic E-state index is 0.222. The molecule has 0 spiro atoms. The van der Waals surface area contributed by atoms with Crippen molar-refractivity contribution in [2.75, 3.05) is 0 Å². The van der Waals surface area contributed by atoms with Gasteiger partial charge in [0.25, 0.3) is 0 Å². The molecule has 0 unspecified atom stereocenters. The van der Waals surface area contributed by atoms with Gasteiger partial charge in [-0.25, -0.2) is 0 Å². The highest BCUT2D eigenvalue weighted by Crippen LogP contribution is 2.15. The molecule has 0 bridgehead atoms. The fourth-order valence-electron chi connectivity index (χ4n) is 1.09. The number of carbonyl (C=O) groups is 1. The predicted molar refractivity (Wildman–Crippen MR) is 58.0 cm³/mol. The van der Waals surface area contributed by atoms with Crippen molar-refractivity contribution in [2.45, 2.75) is 27.7 Å². The van der Waals surface area contributed by atoms with Gasteiger partial charge in [0.15, 0.2) is 0 Å². The number of hydrogen-bond donors (Lipinski definition) is 0. The summed E-state index contributed by atoms with van der Waals surface area (Å²) < 4.78 is 0. The molecular formula is C11H15ClO. The molecule has 0 saturated carbocycles. The molecule has 0 heterocycles. The maximum atomic E-state index is 8.57. The summed E-state index contributed by atoms with van der Waals surface area (Å²) in [5.74, 6) is 0.222. The van der Waals surface area contributed by atoms with Gasteiger partial charge in [-0.1, -0.05) is 12.1 Å². The van der Waals surface area contributed by atoms with Crippen molar-refractivity contribution >= 4 is 17.3 Å². The summed E-state index contributed by atoms with van der Waals surface area (Å²) in [7, 11) is 0. The molecule has 0 aromatic heterocycles. The van der Waals surface area contributed by atoms with Crippen LogP contribution in [0.2, 0.25) is 0 Å². The van der Waals surface area contributed by atoms with E-state index < -0.39 is 0 Å². The SMILES string of the molecule is Cc1ccc(C)c(C)c1C.O=CCl. The number of halogens is 1. The van der Waals surface area contributed by atoms with Crippen molar-refractivity contribution in [3.63, 3.8) is 0 Å². The summed E-state index contributed by atoms with van der Waals surface area (Å²) in [4.78, 5) is 8.57. The molecule has 1 rings (SSSR count). The molecule has 13 heavy (non-hydrogen) atoms. The molecule has 0 aliphatic heterocycles. The Labute approximate surface area is 84.7 Å². The van der Waals surface area contributed by atoms with Crippen LogP contribution in [0.1, 0.15) is 22.3 Å². The lowest BCUT2D eigenvalue weighted by Crippen LogP contribution is -1.88. The van der Waals surface area contributed by atoms with Gasteiger partial charge < -0.3 is 0 Å². The predicted octanol–water partition coefficient (Wildman–Crippen LogP) is 3.34. The maximum Gasteiger partial charge on any atom is 0.208 e. The van der Waals surface area contributed by atoms with E-state index in [0.29, 0.717) is 0 Å². The second-order valence-corrected chi connectivity index (χ2v) is 3.22. The fourth-order valence-corrected chi connectivity index (χ4v) is 1.09. The van der Waals surface area contributed by atoms with Crippen molar-refractivity contribution in [2.24, 2.45) is 0 Å². The normalized spacial score (nSPS) is 8.69. The van der Waals surface area contributed by atoms with Gasteiger partial charge in [-0.2, -0.15) is 0 Å². The number of hydrogen-bond acceptors (Lipinski definition) is 1. The highest BCUT2D eigenvalue weighted by Gasteiger charge is 1.97. The van der Waals surface area contributed by atoms with Gasteiger partial charge in [-0.15, -0.1) is 0 Å². The standard InChI is InChI=1S/C10H14.CHClO/c1-7-5-6-8(2)10(4)9(7)3;2-1-3/h5-6H,1-4H3;1H. The molecule has 1 aromatic carbocycles. The van der Waals surface area contributed by atoms with Crippen LogP contribution in [0.4, 0.5) is 0 Å². The van der Waals surface area contributed by atoms with Crippen molar-refractivity contribution in [3.05, 3.63) is 34.4 Å². The van der Waals surface area contributed by atoms with Crippen LogP contribution in [0.5, 0.6) is 0 Å². The first-order valence-corrected chi connectivity index (χ1v) is 4.55. The highest BCUT2D eigenvalue weighted by molar-refractivity contribution is 6.54. The van der Waals surface area contributed by atoms with E-state index in [-0.39, 0.29) is 5.75 Å². The number of benzene rings is 1. The van der Waals surface area contributed by atoms with Gasteiger partial charge in [-0.05, 0) is 61.5 Å². The van der Waals surface area contributed by atoms with Gasteiger partial charge in [0.1, 0.15) is 0 Å². The number of aryl methyl sites for hydroxylation is 2. The van der Waals surface area contributed by atoms with Crippen LogP contribution in [0, 0.1) is 27.7 Å². The van der Waals surface area contributed by atoms with E-state index in [9.17, 15) is 0 Å². The zero-order valence-corrected chi connectivity index (χ0v) is 9.27. The van der Waals surface area contributed by atoms with Gasteiger partial charge >= 0.3 is 0 Å². The molecule has 0 radical (unpaired) electrons. The van der Waals surface area contributed by atoms with Crippen LogP contribution in [-0.4, -0.2) is 5.75 Å². The van der Waals surface area contributed by atoms with Crippen LogP contribution in [0.15, 0.2) is 12.1 Å². The summed E-state index contributed by atoms with van der Waals surface area (Å²) in [5.41, 5.74) is 5.64. The molecule has 72 valence electrons. The Morgan fingerprint density at radius 1 is 1.00 bits per heavy atom. The summed E-state index contributed by atoms with van der Waals surface area (Å²) in [6.45, 7) is 8.67. The van der Waals surface area contributed by atoms with Crippen molar-refractivity contribution in [1.29, 1.82) is 0 Å². The summed E-state index contributed by atoms with van der Waals surface area (Å²) in [6, 6.07) is 4.36. The highest BCUT2D eigenvalue weighted by atomic mass is 35.5. The van der Waals surface area contributed by atoms with Crippen LogP contribution in [0.3, 0.4) is 0 Å². The summed E-state index contributed by atoms with van der Waals surface area (Å²) in [5, 5.41) is 0. The molecule has 0 saturated heterocycles. The third-order valence-corrected chi connectivity index (χ3v) is 2.33. The van der Waals surface area contributed by atoms with E-state index in [1.54, 1.807) is 0 Å². The summed E-state index contributed by atoms with van der Waals surface area (Å²) >= 11 is 4.32. The number of rotatable bonds is 0. The Morgan fingerprint density at radius 2 is 1.23 bits per heavy atom. The molecule has 0 aliphatic rings. The Hall–Kier alpha value is -0.820.